The minimum absolute atomic E-state index is 0.0188. The van der Waals surface area contributed by atoms with E-state index in [4.69, 9.17) is 5.73 Å². The molecule has 19 heavy (non-hydrogen) atoms. The summed E-state index contributed by atoms with van der Waals surface area (Å²) < 4.78 is 0. The number of benzene rings is 1. The number of nitrogens with one attached hydrogen (secondary N) is 1. The Bertz CT molecular complexity index is 470. The third-order valence-electron chi connectivity index (χ3n) is 3.99. The zero-order valence-corrected chi connectivity index (χ0v) is 12.1. The van der Waals surface area contributed by atoms with E-state index in [1.165, 1.54) is 0 Å². The zero-order chi connectivity index (χ0) is 14.1. The van der Waals surface area contributed by atoms with E-state index in [2.05, 4.69) is 26.1 Å². The Hall–Kier alpha value is -1.35. The van der Waals surface area contributed by atoms with Gasteiger partial charge in [0.25, 0.3) is 5.91 Å². The van der Waals surface area contributed by atoms with Crippen LogP contribution in [0.2, 0.25) is 0 Å². The van der Waals surface area contributed by atoms with Crippen molar-refractivity contribution >= 4 is 5.91 Å². The molecule has 0 saturated heterocycles. The first-order valence-corrected chi connectivity index (χ1v) is 6.96. The Labute approximate surface area is 115 Å². The van der Waals surface area contributed by atoms with Crippen molar-refractivity contribution in [1.82, 2.24) is 5.32 Å². The maximum Gasteiger partial charge on any atom is 0.251 e. The molecule has 3 N–H and O–H groups in total. The summed E-state index contributed by atoms with van der Waals surface area (Å²) >= 11 is 0. The van der Waals surface area contributed by atoms with Crippen molar-refractivity contribution in [1.29, 1.82) is 0 Å². The van der Waals surface area contributed by atoms with Crippen LogP contribution in [0.5, 0.6) is 0 Å². The lowest BCUT2D eigenvalue weighted by molar-refractivity contribution is 0.0943. The van der Waals surface area contributed by atoms with Crippen LogP contribution in [0.4, 0.5) is 0 Å². The van der Waals surface area contributed by atoms with E-state index in [1.807, 2.05) is 24.3 Å². The highest BCUT2D eigenvalue weighted by atomic mass is 16.1. The first-order valence-electron chi connectivity index (χ1n) is 6.96. The summed E-state index contributed by atoms with van der Waals surface area (Å²) in [5.74, 6) is 0.0188. The van der Waals surface area contributed by atoms with Crippen LogP contribution in [0.15, 0.2) is 24.3 Å². The number of rotatable bonds is 4. The van der Waals surface area contributed by atoms with Gasteiger partial charge < -0.3 is 11.1 Å². The van der Waals surface area contributed by atoms with E-state index in [9.17, 15) is 4.79 Å². The summed E-state index contributed by atoms with van der Waals surface area (Å²) in [6.07, 6.45) is 2.26. The molecule has 1 aromatic rings. The minimum atomic E-state index is -0.0287. The molecule has 1 aromatic carbocycles. The average molecular weight is 260 g/mol. The van der Waals surface area contributed by atoms with E-state index in [-0.39, 0.29) is 16.7 Å². The van der Waals surface area contributed by atoms with E-state index < -0.39 is 0 Å². The maximum absolute atomic E-state index is 12.4. The normalized spacial score (nSPS) is 17.1. The molecule has 3 nitrogen and oxygen atoms in total. The van der Waals surface area contributed by atoms with Gasteiger partial charge in [-0.05, 0) is 36.4 Å². The number of amides is 1. The molecule has 104 valence electrons. The van der Waals surface area contributed by atoms with E-state index in [1.54, 1.807) is 0 Å². The van der Waals surface area contributed by atoms with Crippen LogP contribution in [0.25, 0.3) is 0 Å². The molecule has 0 aliphatic heterocycles. The Kier molecular flexibility index (Phi) is 3.68. The monoisotopic (exact) mass is 260 g/mol. The smallest absolute Gasteiger partial charge is 0.251 e. The molecule has 0 unspecified atom stereocenters. The van der Waals surface area contributed by atoms with Crippen LogP contribution in [0.1, 0.15) is 49.5 Å². The molecule has 1 aliphatic carbocycles. The maximum atomic E-state index is 12.4. The van der Waals surface area contributed by atoms with Gasteiger partial charge in [0.15, 0.2) is 0 Å². The van der Waals surface area contributed by atoms with Crippen LogP contribution in [0.3, 0.4) is 0 Å². The van der Waals surface area contributed by atoms with Gasteiger partial charge in [0.05, 0.1) is 0 Å². The van der Waals surface area contributed by atoms with E-state index >= 15 is 0 Å². The molecule has 1 amide bonds. The number of carbonyl (C=O) groups excluding carboxylic acids is 1. The molecule has 0 atom stereocenters. The van der Waals surface area contributed by atoms with Crippen molar-refractivity contribution in [3.8, 4) is 0 Å². The van der Waals surface area contributed by atoms with Gasteiger partial charge in [-0.1, -0.05) is 39.0 Å². The summed E-state index contributed by atoms with van der Waals surface area (Å²) in [6.45, 7) is 7.74. The molecule has 1 fully saturated rings. The fourth-order valence-corrected chi connectivity index (χ4v) is 2.33. The summed E-state index contributed by atoms with van der Waals surface area (Å²) in [4.78, 5) is 12.4. The second kappa shape index (κ2) is 4.97. The van der Waals surface area contributed by atoms with Crippen LogP contribution in [-0.4, -0.2) is 19.0 Å². The second-order valence-electron chi connectivity index (χ2n) is 6.68. The summed E-state index contributed by atoms with van der Waals surface area (Å²) in [5.41, 5.74) is 7.75. The highest BCUT2D eigenvalue weighted by Crippen LogP contribution is 2.43. The van der Waals surface area contributed by atoms with Crippen LogP contribution < -0.4 is 11.1 Å². The van der Waals surface area contributed by atoms with Crippen molar-refractivity contribution in [2.45, 2.75) is 39.0 Å². The molecule has 0 aromatic heterocycles. The minimum Gasteiger partial charge on any atom is -0.351 e. The quantitative estimate of drug-likeness (QED) is 0.873. The number of carbonyl (C=O) groups is 1. The van der Waals surface area contributed by atoms with Crippen LogP contribution in [0, 0.1) is 5.41 Å². The summed E-state index contributed by atoms with van der Waals surface area (Å²) in [6, 6.07) is 7.84. The number of hydrogen-bond donors (Lipinski definition) is 2. The first kappa shape index (κ1) is 14.1. The van der Waals surface area contributed by atoms with Crippen molar-refractivity contribution in [2.75, 3.05) is 13.1 Å². The van der Waals surface area contributed by atoms with Crippen LogP contribution in [-0.2, 0) is 5.41 Å². The lowest BCUT2D eigenvalue weighted by Crippen LogP contribution is -2.35. The average Bonchev–Trinajstić information content (AvgIpc) is 3.16. The van der Waals surface area contributed by atoms with Crippen LogP contribution >= 0.6 is 0 Å². The number of nitrogens with two attached hydrogens (primary N) is 1. The molecular weight excluding hydrogens is 236 g/mol. The Morgan fingerprint density at radius 2 is 1.95 bits per heavy atom. The molecule has 2 rings (SSSR count). The summed E-state index contributed by atoms with van der Waals surface area (Å²) in [7, 11) is 0. The van der Waals surface area contributed by atoms with Gasteiger partial charge >= 0.3 is 0 Å². The second-order valence-corrected chi connectivity index (χ2v) is 6.68. The topological polar surface area (TPSA) is 55.1 Å². The highest BCUT2D eigenvalue weighted by Gasteiger charge is 2.41. The van der Waals surface area contributed by atoms with Crippen molar-refractivity contribution in [3.63, 3.8) is 0 Å². The Morgan fingerprint density at radius 1 is 1.32 bits per heavy atom. The molecule has 3 heteroatoms. The molecule has 0 bridgehead atoms. The fourth-order valence-electron chi connectivity index (χ4n) is 2.33. The standard InChI is InChI=1S/C16H24N2O/c1-15(2,3)13-7-5-4-6-12(13)14(19)18-11-16(10-17)8-9-16/h4-7H,8-11,17H2,1-3H3,(H,18,19). The third-order valence-corrected chi connectivity index (χ3v) is 3.99. The lowest BCUT2D eigenvalue weighted by Gasteiger charge is -2.23. The SMILES string of the molecule is CC(C)(C)c1ccccc1C(=O)NCC1(CN)CC1. The van der Waals surface area contributed by atoms with Crippen molar-refractivity contribution < 1.29 is 4.79 Å². The summed E-state index contributed by atoms with van der Waals surface area (Å²) in [5, 5.41) is 3.05. The molecular formula is C16H24N2O. The molecule has 1 saturated carbocycles. The molecule has 0 radical (unpaired) electrons. The Balaban J connectivity index is 2.11. The molecule has 0 spiro atoms. The van der Waals surface area contributed by atoms with E-state index in [0.29, 0.717) is 13.1 Å². The highest BCUT2D eigenvalue weighted by molar-refractivity contribution is 5.96. The fraction of sp³-hybridized carbons (Fsp3) is 0.562. The Morgan fingerprint density at radius 3 is 2.47 bits per heavy atom. The van der Waals surface area contributed by atoms with Gasteiger partial charge in [-0.15, -0.1) is 0 Å². The predicted molar refractivity (Wildman–Crippen MR) is 78.2 cm³/mol. The predicted octanol–water partition coefficient (Wildman–Crippen LogP) is 2.45. The van der Waals surface area contributed by atoms with Crippen molar-refractivity contribution in [2.24, 2.45) is 11.1 Å². The molecule has 0 heterocycles. The third kappa shape index (κ3) is 3.16. The van der Waals surface area contributed by atoms with Gasteiger partial charge in [0, 0.05) is 17.5 Å². The number of hydrogen-bond acceptors (Lipinski definition) is 2. The van der Waals surface area contributed by atoms with E-state index in [0.717, 1.165) is 24.0 Å². The first-order chi connectivity index (χ1) is 8.88. The van der Waals surface area contributed by atoms with Gasteiger partial charge in [0.2, 0.25) is 0 Å². The largest absolute Gasteiger partial charge is 0.351 e. The molecule has 1 aliphatic rings. The van der Waals surface area contributed by atoms with Gasteiger partial charge in [0.1, 0.15) is 0 Å². The van der Waals surface area contributed by atoms with Gasteiger partial charge in [-0.3, -0.25) is 4.79 Å². The van der Waals surface area contributed by atoms with Gasteiger partial charge in [-0.2, -0.15) is 0 Å². The van der Waals surface area contributed by atoms with Gasteiger partial charge in [-0.25, -0.2) is 0 Å². The lowest BCUT2D eigenvalue weighted by atomic mass is 9.83. The zero-order valence-electron chi connectivity index (χ0n) is 12.1. The van der Waals surface area contributed by atoms with Crippen molar-refractivity contribution in [3.05, 3.63) is 35.4 Å².